The molecule has 4 rings (SSSR count). The molecule has 29 heavy (non-hydrogen) atoms. The molecule has 4 aromatic rings. The molecule has 0 fully saturated rings. The van der Waals surface area contributed by atoms with Crippen molar-refractivity contribution in [3.63, 3.8) is 0 Å². The van der Waals surface area contributed by atoms with E-state index in [2.05, 4.69) is 20.4 Å². The zero-order chi connectivity index (χ0) is 20.6. The molecule has 1 N–H and O–H groups in total. The van der Waals surface area contributed by atoms with E-state index in [-0.39, 0.29) is 11.4 Å². The van der Waals surface area contributed by atoms with Gasteiger partial charge in [0.05, 0.1) is 22.5 Å². The third-order valence-corrected chi connectivity index (χ3v) is 5.02. The summed E-state index contributed by atoms with van der Waals surface area (Å²) in [5, 5.41) is 7.89. The number of carbonyl (C=O) groups is 1. The van der Waals surface area contributed by atoms with Crippen molar-refractivity contribution in [3.8, 4) is 0 Å². The molecule has 0 saturated heterocycles. The van der Waals surface area contributed by atoms with E-state index in [9.17, 15) is 18.0 Å². The number of aryl methyl sites for hydroxylation is 1. The van der Waals surface area contributed by atoms with Gasteiger partial charge in [-0.1, -0.05) is 36.0 Å². The molecule has 0 atom stereocenters. The molecule has 0 bridgehead atoms. The average Bonchev–Trinajstić information content (AvgIpc) is 3.07. The van der Waals surface area contributed by atoms with Crippen molar-refractivity contribution in [2.75, 3.05) is 11.1 Å². The first-order chi connectivity index (χ1) is 13.8. The number of para-hydroxylation sites is 2. The molecule has 0 radical (unpaired) electrons. The van der Waals surface area contributed by atoms with Crippen LogP contribution in [0.2, 0.25) is 0 Å². The molecule has 10 heteroatoms. The van der Waals surface area contributed by atoms with Gasteiger partial charge in [-0.05, 0) is 31.2 Å². The minimum absolute atomic E-state index is 0.133. The number of alkyl halides is 3. The van der Waals surface area contributed by atoms with Crippen molar-refractivity contribution in [1.82, 2.24) is 19.6 Å². The second-order valence-corrected chi connectivity index (χ2v) is 7.13. The fourth-order valence-electron chi connectivity index (χ4n) is 2.88. The van der Waals surface area contributed by atoms with Gasteiger partial charge in [0.2, 0.25) is 5.91 Å². The Kier molecular flexibility index (Phi) is 4.87. The Morgan fingerprint density at radius 3 is 2.62 bits per heavy atom. The molecule has 2 aromatic heterocycles. The Morgan fingerprint density at radius 1 is 1.10 bits per heavy atom. The van der Waals surface area contributed by atoms with Gasteiger partial charge in [-0.3, -0.25) is 4.79 Å². The summed E-state index contributed by atoms with van der Waals surface area (Å²) in [6, 6.07) is 12.3. The van der Waals surface area contributed by atoms with E-state index in [1.54, 1.807) is 11.4 Å². The summed E-state index contributed by atoms with van der Waals surface area (Å²) < 4.78 is 40.8. The lowest BCUT2D eigenvalue weighted by Crippen LogP contribution is -2.18. The second-order valence-electron chi connectivity index (χ2n) is 6.19. The highest BCUT2D eigenvalue weighted by Gasteiger charge is 2.33. The lowest BCUT2D eigenvalue weighted by Gasteiger charge is -2.13. The Bertz CT molecular complexity index is 1220. The fraction of sp³-hybridized carbons (Fsp3) is 0.158. The molecule has 148 valence electrons. The monoisotopic (exact) mass is 417 g/mol. The summed E-state index contributed by atoms with van der Waals surface area (Å²) in [5.74, 6) is -0.161. The molecule has 2 aromatic carbocycles. The predicted molar refractivity (Wildman–Crippen MR) is 104 cm³/mol. The zero-order valence-corrected chi connectivity index (χ0v) is 15.9. The predicted octanol–water partition coefficient (Wildman–Crippen LogP) is 4.34. The Balaban J connectivity index is 1.58. The van der Waals surface area contributed by atoms with Gasteiger partial charge < -0.3 is 5.32 Å². The molecule has 0 aliphatic heterocycles. The number of thioether (sulfide) groups is 1. The standard InChI is InChI=1S/C19H14F3N5OS/c1-11-23-17-12-6-2-4-8-14(12)25-18(27(17)26-11)29-10-16(28)24-15-9-5-3-7-13(15)19(20,21)22/h2-9H,10H2,1H3,(H,24,28). The number of hydrogen-bond acceptors (Lipinski definition) is 5. The normalized spacial score (nSPS) is 11.9. The smallest absolute Gasteiger partial charge is 0.325 e. The summed E-state index contributed by atoms with van der Waals surface area (Å²) in [6.07, 6.45) is -4.55. The topological polar surface area (TPSA) is 72.2 Å². The fourth-order valence-corrected chi connectivity index (χ4v) is 3.63. The Morgan fingerprint density at radius 2 is 1.83 bits per heavy atom. The van der Waals surface area contributed by atoms with Crippen LogP contribution in [0, 0.1) is 6.92 Å². The summed E-state index contributed by atoms with van der Waals surface area (Å²) in [7, 11) is 0. The van der Waals surface area contributed by atoms with Crippen molar-refractivity contribution in [2.45, 2.75) is 18.3 Å². The maximum absolute atomic E-state index is 13.1. The lowest BCUT2D eigenvalue weighted by atomic mass is 10.1. The van der Waals surface area contributed by atoms with Gasteiger partial charge in [-0.2, -0.15) is 17.7 Å². The van der Waals surface area contributed by atoms with Crippen LogP contribution in [0.25, 0.3) is 16.6 Å². The minimum Gasteiger partial charge on any atom is -0.325 e. The maximum atomic E-state index is 13.1. The van der Waals surface area contributed by atoms with Crippen LogP contribution in [-0.4, -0.2) is 31.2 Å². The molecular weight excluding hydrogens is 403 g/mol. The van der Waals surface area contributed by atoms with Crippen molar-refractivity contribution < 1.29 is 18.0 Å². The van der Waals surface area contributed by atoms with Crippen molar-refractivity contribution >= 4 is 39.9 Å². The first-order valence-electron chi connectivity index (χ1n) is 8.54. The molecule has 0 saturated carbocycles. The first kappa shape index (κ1) is 19.2. The minimum atomic E-state index is -4.55. The molecule has 6 nitrogen and oxygen atoms in total. The molecule has 2 heterocycles. The number of halogens is 3. The zero-order valence-electron chi connectivity index (χ0n) is 15.1. The number of nitrogens with zero attached hydrogens (tertiary/aromatic N) is 4. The Labute approximate surface area is 167 Å². The van der Waals surface area contributed by atoms with E-state index in [0.717, 1.165) is 23.2 Å². The van der Waals surface area contributed by atoms with Crippen LogP contribution in [0.1, 0.15) is 11.4 Å². The highest BCUT2D eigenvalue weighted by molar-refractivity contribution is 7.99. The number of benzene rings is 2. The molecule has 0 aliphatic rings. The largest absolute Gasteiger partial charge is 0.418 e. The van der Waals surface area contributed by atoms with Crippen LogP contribution in [0.5, 0.6) is 0 Å². The van der Waals surface area contributed by atoms with E-state index in [4.69, 9.17) is 0 Å². The number of nitrogens with one attached hydrogen (secondary N) is 1. The molecule has 0 spiro atoms. The number of rotatable bonds is 4. The van der Waals surface area contributed by atoms with E-state index >= 15 is 0 Å². The van der Waals surface area contributed by atoms with E-state index < -0.39 is 17.6 Å². The van der Waals surface area contributed by atoms with Crippen LogP contribution < -0.4 is 5.32 Å². The SMILES string of the molecule is Cc1nc2c3ccccc3nc(SCC(=O)Nc3ccccc3C(F)(F)F)n2n1. The van der Waals surface area contributed by atoms with Crippen LogP contribution >= 0.6 is 11.8 Å². The van der Waals surface area contributed by atoms with E-state index in [1.807, 2.05) is 24.3 Å². The van der Waals surface area contributed by atoms with Gasteiger partial charge in [0.15, 0.2) is 10.8 Å². The molecule has 0 aliphatic carbocycles. The van der Waals surface area contributed by atoms with Gasteiger partial charge in [0, 0.05) is 5.39 Å². The number of hydrogen-bond donors (Lipinski definition) is 1. The third-order valence-electron chi connectivity index (χ3n) is 4.09. The number of fused-ring (bicyclic) bond motifs is 3. The summed E-state index contributed by atoms with van der Waals surface area (Å²) in [6.45, 7) is 1.75. The van der Waals surface area contributed by atoms with E-state index in [1.165, 1.54) is 18.2 Å². The van der Waals surface area contributed by atoms with E-state index in [0.29, 0.717) is 22.1 Å². The lowest BCUT2D eigenvalue weighted by molar-refractivity contribution is -0.137. The van der Waals surface area contributed by atoms with Crippen LogP contribution in [0.3, 0.4) is 0 Å². The molecular formula is C19H14F3N5OS. The van der Waals surface area contributed by atoms with Crippen molar-refractivity contribution in [1.29, 1.82) is 0 Å². The highest BCUT2D eigenvalue weighted by atomic mass is 32.2. The van der Waals surface area contributed by atoms with Crippen LogP contribution in [0.15, 0.2) is 53.7 Å². The molecule has 1 amide bonds. The molecule has 0 unspecified atom stereocenters. The summed E-state index contributed by atoms with van der Waals surface area (Å²) >= 11 is 1.07. The van der Waals surface area contributed by atoms with Crippen molar-refractivity contribution in [2.24, 2.45) is 0 Å². The van der Waals surface area contributed by atoms with Gasteiger partial charge >= 0.3 is 6.18 Å². The van der Waals surface area contributed by atoms with Gasteiger partial charge in [-0.15, -0.1) is 5.10 Å². The Hall–Kier alpha value is -3.14. The number of carbonyl (C=O) groups excluding carboxylic acids is 1. The quantitative estimate of drug-likeness (QED) is 0.395. The number of amides is 1. The van der Waals surface area contributed by atoms with Gasteiger partial charge in [0.25, 0.3) is 0 Å². The van der Waals surface area contributed by atoms with Gasteiger partial charge in [-0.25, -0.2) is 9.97 Å². The second kappa shape index (κ2) is 7.36. The maximum Gasteiger partial charge on any atom is 0.418 e. The average molecular weight is 417 g/mol. The van der Waals surface area contributed by atoms with Crippen LogP contribution in [0.4, 0.5) is 18.9 Å². The van der Waals surface area contributed by atoms with Crippen LogP contribution in [-0.2, 0) is 11.0 Å². The van der Waals surface area contributed by atoms with Crippen molar-refractivity contribution in [3.05, 3.63) is 59.9 Å². The highest BCUT2D eigenvalue weighted by Crippen LogP contribution is 2.34. The number of aromatic nitrogens is 4. The first-order valence-corrected chi connectivity index (χ1v) is 9.52. The number of anilines is 1. The summed E-state index contributed by atoms with van der Waals surface area (Å²) in [4.78, 5) is 21.2. The van der Waals surface area contributed by atoms with Gasteiger partial charge in [0.1, 0.15) is 5.82 Å². The third kappa shape index (κ3) is 3.88. The summed E-state index contributed by atoms with van der Waals surface area (Å²) in [5.41, 5.74) is 0.131.